The summed E-state index contributed by atoms with van der Waals surface area (Å²) in [6.45, 7) is 1.06. The number of likely N-dealkylation sites (tertiary alicyclic amines) is 1. The van der Waals surface area contributed by atoms with Crippen LogP contribution in [0.15, 0.2) is 61.2 Å². The first kappa shape index (κ1) is 16.3. The Balaban J connectivity index is 1.38. The molecule has 0 radical (unpaired) electrons. The van der Waals surface area contributed by atoms with Gasteiger partial charge in [0.05, 0.1) is 18.9 Å². The zero-order valence-electron chi connectivity index (χ0n) is 14.0. The van der Waals surface area contributed by atoms with Gasteiger partial charge in [0.1, 0.15) is 6.10 Å². The molecule has 7 heteroatoms. The van der Waals surface area contributed by atoms with Crippen LogP contribution in [0.25, 0.3) is 5.69 Å². The molecule has 3 heterocycles. The highest BCUT2D eigenvalue weighted by atomic mass is 19.1. The van der Waals surface area contributed by atoms with Gasteiger partial charge in [0.2, 0.25) is 0 Å². The van der Waals surface area contributed by atoms with E-state index in [0.717, 1.165) is 18.1 Å². The number of amides is 1. The molecular formula is C19H17FN4O2. The van der Waals surface area contributed by atoms with Crippen molar-refractivity contribution in [3.05, 3.63) is 72.6 Å². The molecule has 1 atom stereocenters. The lowest BCUT2D eigenvalue weighted by atomic mass is 10.2. The Hall–Kier alpha value is -3.22. The first-order chi connectivity index (χ1) is 12.7. The number of halogens is 1. The Morgan fingerprint density at radius 3 is 2.50 bits per heavy atom. The van der Waals surface area contributed by atoms with Gasteiger partial charge in [0.25, 0.3) is 5.91 Å². The number of hydrogen-bond donors (Lipinski definition) is 0. The van der Waals surface area contributed by atoms with Crippen molar-refractivity contribution >= 4 is 5.91 Å². The molecule has 1 fully saturated rings. The van der Waals surface area contributed by atoms with E-state index >= 15 is 0 Å². The summed E-state index contributed by atoms with van der Waals surface area (Å²) >= 11 is 0. The fourth-order valence-corrected chi connectivity index (χ4v) is 2.98. The molecule has 0 spiro atoms. The molecular weight excluding hydrogens is 335 g/mol. The highest BCUT2D eigenvalue weighted by Gasteiger charge is 2.28. The Bertz CT molecular complexity index is 879. The van der Waals surface area contributed by atoms with Crippen LogP contribution in [0, 0.1) is 5.82 Å². The van der Waals surface area contributed by atoms with Crippen molar-refractivity contribution in [3.8, 4) is 11.7 Å². The lowest BCUT2D eigenvalue weighted by Gasteiger charge is -2.17. The van der Waals surface area contributed by atoms with Gasteiger partial charge >= 0.3 is 6.01 Å². The largest absolute Gasteiger partial charge is 0.458 e. The molecule has 1 saturated heterocycles. The van der Waals surface area contributed by atoms with Gasteiger partial charge in [-0.25, -0.2) is 14.4 Å². The molecule has 0 saturated carbocycles. The maximum Gasteiger partial charge on any atom is 0.316 e. The molecule has 3 aromatic rings. The molecule has 0 N–H and O–H groups in total. The summed E-state index contributed by atoms with van der Waals surface area (Å²) in [7, 11) is 0. The third kappa shape index (κ3) is 3.42. The number of aromatic nitrogens is 3. The van der Waals surface area contributed by atoms with Crippen LogP contribution in [0.1, 0.15) is 16.8 Å². The van der Waals surface area contributed by atoms with E-state index in [-0.39, 0.29) is 18.0 Å². The second-order valence-corrected chi connectivity index (χ2v) is 6.10. The molecule has 1 aliphatic rings. The third-order valence-electron chi connectivity index (χ3n) is 4.32. The maximum absolute atomic E-state index is 12.8. The second kappa shape index (κ2) is 6.95. The highest BCUT2D eigenvalue weighted by Crippen LogP contribution is 2.18. The van der Waals surface area contributed by atoms with Crippen LogP contribution in [0.2, 0.25) is 0 Å². The SMILES string of the molecule is O=C(c1ccc(-n2cccc2)cc1)N1CC[C@H](Oc2ncc(F)cn2)C1. The second-order valence-electron chi connectivity index (χ2n) is 6.10. The Morgan fingerprint density at radius 2 is 1.81 bits per heavy atom. The Labute approximate surface area is 149 Å². The van der Waals surface area contributed by atoms with Crippen LogP contribution in [0.4, 0.5) is 4.39 Å². The Morgan fingerprint density at radius 1 is 1.12 bits per heavy atom. The quantitative estimate of drug-likeness (QED) is 0.724. The van der Waals surface area contributed by atoms with Crippen LogP contribution in [0.3, 0.4) is 0 Å². The first-order valence-electron chi connectivity index (χ1n) is 8.36. The van der Waals surface area contributed by atoms with Crippen molar-refractivity contribution in [1.82, 2.24) is 19.4 Å². The van der Waals surface area contributed by atoms with Crippen LogP contribution in [-0.4, -0.2) is 44.5 Å². The number of carbonyl (C=O) groups excluding carboxylic acids is 1. The van der Waals surface area contributed by atoms with Gasteiger partial charge in [0.15, 0.2) is 5.82 Å². The molecule has 4 rings (SSSR count). The van der Waals surface area contributed by atoms with Gasteiger partial charge in [-0.05, 0) is 36.4 Å². The van der Waals surface area contributed by atoms with E-state index in [2.05, 4.69) is 9.97 Å². The minimum Gasteiger partial charge on any atom is -0.458 e. The molecule has 1 aromatic carbocycles. The summed E-state index contributed by atoms with van der Waals surface area (Å²) in [5.41, 5.74) is 1.64. The predicted octanol–water partition coefficient (Wildman–Crippen LogP) is 2.70. The lowest BCUT2D eigenvalue weighted by molar-refractivity contribution is 0.0769. The monoisotopic (exact) mass is 352 g/mol. The summed E-state index contributed by atoms with van der Waals surface area (Å²) in [4.78, 5) is 22.0. The van der Waals surface area contributed by atoms with Crippen molar-refractivity contribution in [2.45, 2.75) is 12.5 Å². The summed E-state index contributed by atoms with van der Waals surface area (Å²) in [5, 5.41) is 0. The van der Waals surface area contributed by atoms with Crippen LogP contribution >= 0.6 is 0 Å². The normalized spacial score (nSPS) is 16.7. The molecule has 0 aliphatic carbocycles. The zero-order valence-corrected chi connectivity index (χ0v) is 14.0. The van der Waals surface area contributed by atoms with E-state index in [1.165, 1.54) is 0 Å². The summed E-state index contributed by atoms with van der Waals surface area (Å²) in [6.07, 6.45) is 6.53. The number of ether oxygens (including phenoxy) is 1. The standard InChI is InChI=1S/C19H17FN4O2/c20-15-11-21-19(22-12-15)26-17-7-10-24(13-17)18(25)14-3-5-16(6-4-14)23-8-1-2-9-23/h1-6,8-9,11-12,17H,7,10,13H2/t17-/m0/s1. The molecule has 2 aromatic heterocycles. The van der Waals surface area contributed by atoms with E-state index in [4.69, 9.17) is 4.74 Å². The average molecular weight is 352 g/mol. The molecule has 6 nitrogen and oxygen atoms in total. The Kier molecular flexibility index (Phi) is 4.35. The van der Waals surface area contributed by atoms with Gasteiger partial charge in [-0.3, -0.25) is 4.79 Å². The molecule has 1 amide bonds. The first-order valence-corrected chi connectivity index (χ1v) is 8.36. The van der Waals surface area contributed by atoms with Crippen LogP contribution < -0.4 is 4.74 Å². The highest BCUT2D eigenvalue weighted by molar-refractivity contribution is 5.94. The van der Waals surface area contributed by atoms with Crippen molar-refractivity contribution in [2.24, 2.45) is 0 Å². The fourth-order valence-electron chi connectivity index (χ4n) is 2.98. The van der Waals surface area contributed by atoms with E-state index in [1.54, 1.807) is 4.90 Å². The number of nitrogens with zero attached hydrogens (tertiary/aromatic N) is 4. The summed E-state index contributed by atoms with van der Waals surface area (Å²) in [5.74, 6) is -0.542. The number of benzene rings is 1. The molecule has 0 unspecified atom stereocenters. The van der Waals surface area contributed by atoms with E-state index in [9.17, 15) is 9.18 Å². The molecule has 1 aliphatic heterocycles. The molecule has 132 valence electrons. The van der Waals surface area contributed by atoms with Gasteiger partial charge in [-0.1, -0.05) is 0 Å². The third-order valence-corrected chi connectivity index (χ3v) is 4.32. The smallest absolute Gasteiger partial charge is 0.316 e. The summed E-state index contributed by atoms with van der Waals surface area (Å²) in [6, 6.07) is 11.5. The minimum absolute atomic E-state index is 0.0322. The lowest BCUT2D eigenvalue weighted by Crippen LogP contribution is -2.31. The summed E-state index contributed by atoms with van der Waals surface area (Å²) < 4.78 is 20.5. The van der Waals surface area contributed by atoms with E-state index in [1.807, 2.05) is 53.4 Å². The van der Waals surface area contributed by atoms with Crippen molar-refractivity contribution in [1.29, 1.82) is 0 Å². The van der Waals surface area contributed by atoms with E-state index in [0.29, 0.717) is 25.1 Å². The van der Waals surface area contributed by atoms with Gasteiger partial charge in [0, 0.05) is 36.6 Å². The van der Waals surface area contributed by atoms with Crippen molar-refractivity contribution in [3.63, 3.8) is 0 Å². The van der Waals surface area contributed by atoms with E-state index < -0.39 is 5.82 Å². The van der Waals surface area contributed by atoms with Crippen molar-refractivity contribution < 1.29 is 13.9 Å². The van der Waals surface area contributed by atoms with Gasteiger partial charge < -0.3 is 14.2 Å². The molecule has 26 heavy (non-hydrogen) atoms. The fraction of sp³-hybridized carbons (Fsp3) is 0.211. The number of hydrogen-bond acceptors (Lipinski definition) is 4. The van der Waals surface area contributed by atoms with Gasteiger partial charge in [-0.15, -0.1) is 0 Å². The number of carbonyl (C=O) groups is 1. The topological polar surface area (TPSA) is 60.2 Å². The van der Waals surface area contributed by atoms with Gasteiger partial charge in [-0.2, -0.15) is 0 Å². The minimum atomic E-state index is -0.510. The average Bonchev–Trinajstić information content (AvgIpc) is 3.35. The van der Waals surface area contributed by atoms with Crippen LogP contribution in [0.5, 0.6) is 6.01 Å². The van der Waals surface area contributed by atoms with Crippen LogP contribution in [-0.2, 0) is 0 Å². The maximum atomic E-state index is 12.8. The molecule has 0 bridgehead atoms. The zero-order chi connectivity index (χ0) is 17.9. The predicted molar refractivity (Wildman–Crippen MR) is 92.7 cm³/mol. The number of rotatable bonds is 4. The van der Waals surface area contributed by atoms with Crippen molar-refractivity contribution in [2.75, 3.05) is 13.1 Å².